The molecule has 2 N–H and O–H groups in total. The van der Waals surface area contributed by atoms with Gasteiger partial charge in [-0.15, -0.1) is 5.10 Å². The van der Waals surface area contributed by atoms with Gasteiger partial charge in [-0.25, -0.2) is 4.68 Å². The molecule has 1 aromatic carbocycles. The van der Waals surface area contributed by atoms with Gasteiger partial charge in [0, 0.05) is 6.54 Å². The van der Waals surface area contributed by atoms with E-state index in [1.807, 2.05) is 18.2 Å². The Hall–Kier alpha value is -2.04. The zero-order valence-electron chi connectivity index (χ0n) is 10.8. The minimum atomic E-state index is 0.618. The van der Waals surface area contributed by atoms with E-state index in [9.17, 15) is 0 Å². The number of rotatable bonds is 5. The number of aromatic nitrogens is 3. The second kappa shape index (κ2) is 5.53. The van der Waals surface area contributed by atoms with Crippen molar-refractivity contribution < 1.29 is 4.74 Å². The van der Waals surface area contributed by atoms with Crippen LogP contribution in [0.5, 0.6) is 11.6 Å². The monoisotopic (exact) mass is 246 g/mol. The van der Waals surface area contributed by atoms with E-state index in [2.05, 4.69) is 24.2 Å². The number of hydrogen-bond acceptors (Lipinski definition) is 4. The molecule has 2 rings (SSSR count). The summed E-state index contributed by atoms with van der Waals surface area (Å²) in [6.07, 6.45) is 3.53. The number of anilines is 1. The molecule has 0 saturated carbocycles. The van der Waals surface area contributed by atoms with Gasteiger partial charge in [-0.1, -0.05) is 25.1 Å². The van der Waals surface area contributed by atoms with E-state index < -0.39 is 0 Å². The number of ether oxygens (including phenoxy) is 1. The topological polar surface area (TPSA) is 66.0 Å². The van der Waals surface area contributed by atoms with Gasteiger partial charge in [-0.3, -0.25) is 0 Å². The molecule has 0 spiro atoms. The second-order valence-corrected chi connectivity index (χ2v) is 4.12. The summed E-state index contributed by atoms with van der Waals surface area (Å²) in [5.41, 5.74) is 7.79. The van der Waals surface area contributed by atoms with Crippen molar-refractivity contribution in [2.45, 2.75) is 33.2 Å². The van der Waals surface area contributed by atoms with Crippen LogP contribution in [0.3, 0.4) is 0 Å². The van der Waals surface area contributed by atoms with Gasteiger partial charge in [0.25, 0.3) is 0 Å². The molecule has 96 valence electrons. The van der Waals surface area contributed by atoms with Crippen LogP contribution in [0, 0.1) is 0 Å². The van der Waals surface area contributed by atoms with E-state index in [1.54, 1.807) is 10.9 Å². The normalized spacial score (nSPS) is 10.6. The Morgan fingerprint density at radius 1 is 1.33 bits per heavy atom. The van der Waals surface area contributed by atoms with E-state index in [-0.39, 0.29) is 0 Å². The Morgan fingerprint density at radius 2 is 2.17 bits per heavy atom. The molecule has 0 aliphatic rings. The minimum Gasteiger partial charge on any atom is -0.435 e. The first-order valence-electron chi connectivity index (χ1n) is 6.19. The van der Waals surface area contributed by atoms with Crippen LogP contribution in [0.25, 0.3) is 0 Å². The van der Waals surface area contributed by atoms with Gasteiger partial charge in [0.05, 0.1) is 5.69 Å². The number of aryl methyl sites for hydroxylation is 2. The van der Waals surface area contributed by atoms with Crippen LogP contribution >= 0.6 is 0 Å². The van der Waals surface area contributed by atoms with Crippen molar-refractivity contribution in [1.82, 2.24) is 15.0 Å². The summed E-state index contributed by atoms with van der Waals surface area (Å²) >= 11 is 0. The summed E-state index contributed by atoms with van der Waals surface area (Å²) in [4.78, 5) is 0. The fourth-order valence-electron chi connectivity index (χ4n) is 1.72. The highest BCUT2D eigenvalue weighted by atomic mass is 16.5. The second-order valence-electron chi connectivity index (χ2n) is 4.12. The van der Waals surface area contributed by atoms with E-state index in [0.717, 1.165) is 19.4 Å². The van der Waals surface area contributed by atoms with Gasteiger partial charge in [0.15, 0.2) is 5.75 Å². The van der Waals surface area contributed by atoms with Crippen molar-refractivity contribution >= 4 is 5.69 Å². The van der Waals surface area contributed by atoms with Crippen molar-refractivity contribution in [3.63, 3.8) is 0 Å². The Bertz CT molecular complexity index is 521. The number of benzene rings is 1. The molecule has 0 aliphatic carbocycles. The molecule has 0 unspecified atom stereocenters. The molecule has 1 aromatic heterocycles. The molecule has 0 saturated heterocycles. The SMILES string of the molecule is CCCn1nncc1Oc1ccc(CC)cc1N. The molecule has 0 radical (unpaired) electrons. The lowest BCUT2D eigenvalue weighted by atomic mass is 10.1. The van der Waals surface area contributed by atoms with Crippen molar-refractivity contribution in [2.75, 3.05) is 5.73 Å². The van der Waals surface area contributed by atoms with Gasteiger partial charge >= 0.3 is 0 Å². The van der Waals surface area contributed by atoms with Gasteiger partial charge in [0.1, 0.15) is 6.20 Å². The zero-order chi connectivity index (χ0) is 13.0. The maximum Gasteiger partial charge on any atom is 0.238 e. The predicted molar refractivity (Wildman–Crippen MR) is 70.6 cm³/mol. The Balaban J connectivity index is 2.20. The Labute approximate surface area is 107 Å². The summed E-state index contributed by atoms with van der Waals surface area (Å²) in [6, 6.07) is 5.83. The summed E-state index contributed by atoms with van der Waals surface area (Å²) < 4.78 is 7.47. The molecule has 18 heavy (non-hydrogen) atoms. The molecule has 0 atom stereocenters. The van der Waals surface area contributed by atoms with Crippen molar-refractivity contribution in [3.8, 4) is 11.6 Å². The molecule has 0 aliphatic heterocycles. The van der Waals surface area contributed by atoms with Crippen LogP contribution in [0.15, 0.2) is 24.4 Å². The lowest BCUT2D eigenvalue weighted by molar-refractivity contribution is 0.408. The number of nitrogens with zero attached hydrogens (tertiary/aromatic N) is 3. The fourth-order valence-corrected chi connectivity index (χ4v) is 1.72. The number of nitrogen functional groups attached to an aromatic ring is 1. The highest BCUT2D eigenvalue weighted by molar-refractivity contribution is 5.55. The first kappa shape index (κ1) is 12.4. The van der Waals surface area contributed by atoms with E-state index >= 15 is 0 Å². The minimum absolute atomic E-state index is 0.618. The van der Waals surface area contributed by atoms with Crippen LogP contribution in [0.4, 0.5) is 5.69 Å². The summed E-state index contributed by atoms with van der Waals surface area (Å²) in [7, 11) is 0. The molecule has 1 heterocycles. The Morgan fingerprint density at radius 3 is 2.83 bits per heavy atom. The van der Waals surface area contributed by atoms with E-state index in [1.165, 1.54) is 5.56 Å². The fraction of sp³-hybridized carbons (Fsp3) is 0.385. The van der Waals surface area contributed by atoms with Gasteiger partial charge in [-0.05, 0) is 30.5 Å². The smallest absolute Gasteiger partial charge is 0.238 e. The number of nitrogens with two attached hydrogens (primary N) is 1. The lowest BCUT2D eigenvalue weighted by Crippen LogP contribution is -2.03. The molecular formula is C13H18N4O. The Kier molecular flexibility index (Phi) is 3.82. The van der Waals surface area contributed by atoms with Crippen LogP contribution < -0.4 is 10.5 Å². The summed E-state index contributed by atoms with van der Waals surface area (Å²) in [5, 5.41) is 7.81. The van der Waals surface area contributed by atoms with Crippen molar-refractivity contribution in [1.29, 1.82) is 0 Å². The molecule has 5 nitrogen and oxygen atoms in total. The third-order valence-corrected chi connectivity index (χ3v) is 2.71. The zero-order valence-corrected chi connectivity index (χ0v) is 10.8. The summed E-state index contributed by atoms with van der Waals surface area (Å²) in [6.45, 7) is 4.95. The van der Waals surface area contributed by atoms with Crippen LogP contribution in [-0.4, -0.2) is 15.0 Å². The standard InChI is InChI=1S/C13H18N4O/c1-3-7-17-13(9-15-16-17)18-12-6-5-10(4-2)8-11(12)14/h5-6,8-9H,3-4,7,14H2,1-2H3. The van der Waals surface area contributed by atoms with Crippen LogP contribution in [0.1, 0.15) is 25.8 Å². The first-order chi connectivity index (χ1) is 8.74. The maximum atomic E-state index is 5.96. The van der Waals surface area contributed by atoms with Gasteiger partial charge in [0.2, 0.25) is 5.88 Å². The largest absolute Gasteiger partial charge is 0.435 e. The van der Waals surface area contributed by atoms with Crippen LogP contribution in [0.2, 0.25) is 0 Å². The molecule has 0 amide bonds. The van der Waals surface area contributed by atoms with Gasteiger partial charge in [-0.2, -0.15) is 0 Å². The third kappa shape index (κ3) is 2.61. The van der Waals surface area contributed by atoms with Gasteiger partial charge < -0.3 is 10.5 Å². The van der Waals surface area contributed by atoms with Crippen molar-refractivity contribution in [2.24, 2.45) is 0 Å². The van der Waals surface area contributed by atoms with Crippen LogP contribution in [-0.2, 0) is 13.0 Å². The molecule has 0 bridgehead atoms. The van der Waals surface area contributed by atoms with E-state index in [0.29, 0.717) is 17.3 Å². The average Bonchev–Trinajstić information content (AvgIpc) is 2.80. The summed E-state index contributed by atoms with van der Waals surface area (Å²) in [5.74, 6) is 1.26. The molecule has 5 heteroatoms. The highest BCUT2D eigenvalue weighted by Crippen LogP contribution is 2.27. The third-order valence-electron chi connectivity index (χ3n) is 2.71. The molecule has 2 aromatic rings. The quantitative estimate of drug-likeness (QED) is 0.823. The lowest BCUT2D eigenvalue weighted by Gasteiger charge is -2.10. The predicted octanol–water partition coefficient (Wildman–Crippen LogP) is 2.62. The molecule has 0 fully saturated rings. The average molecular weight is 246 g/mol. The van der Waals surface area contributed by atoms with Crippen molar-refractivity contribution in [3.05, 3.63) is 30.0 Å². The molecular weight excluding hydrogens is 228 g/mol. The number of hydrogen-bond donors (Lipinski definition) is 1. The highest BCUT2D eigenvalue weighted by Gasteiger charge is 2.08. The van der Waals surface area contributed by atoms with E-state index in [4.69, 9.17) is 10.5 Å². The maximum absolute atomic E-state index is 5.96. The first-order valence-corrected chi connectivity index (χ1v) is 6.19.